The third-order valence-electron chi connectivity index (χ3n) is 3.32. The smallest absolute Gasteiger partial charge is 0.300 e. The molecule has 0 radical (unpaired) electrons. The maximum absolute atomic E-state index is 6.04. The molecule has 1 aliphatic heterocycles. The van der Waals surface area contributed by atoms with Gasteiger partial charge in [0.05, 0.1) is 6.61 Å². The molecule has 0 bridgehead atoms. The third-order valence-corrected chi connectivity index (χ3v) is 3.32. The molecule has 0 unspecified atom stereocenters. The predicted octanol–water partition coefficient (Wildman–Crippen LogP) is 2.77. The first-order chi connectivity index (χ1) is 10.2. The molecule has 0 atom stereocenters. The molecule has 0 aliphatic carbocycles. The molecule has 0 amide bonds. The van der Waals surface area contributed by atoms with Gasteiger partial charge in [-0.25, -0.2) is 4.99 Å². The number of benzene rings is 1. The van der Waals surface area contributed by atoms with Gasteiger partial charge < -0.3 is 19.9 Å². The molecular formula is C16H24N2O3. The minimum Gasteiger partial charge on any atom is -0.494 e. The van der Waals surface area contributed by atoms with Crippen LogP contribution in [-0.2, 0) is 15.4 Å². The van der Waals surface area contributed by atoms with E-state index in [0.717, 1.165) is 29.7 Å². The number of ether oxygens (including phenoxy) is 3. The minimum atomic E-state index is -1.11. The maximum atomic E-state index is 6.04. The highest BCUT2D eigenvalue weighted by atomic mass is 16.7. The lowest BCUT2D eigenvalue weighted by Crippen LogP contribution is -2.29. The molecule has 1 heterocycles. The molecule has 2 rings (SSSR count). The van der Waals surface area contributed by atoms with Gasteiger partial charge in [0, 0.05) is 24.3 Å². The summed E-state index contributed by atoms with van der Waals surface area (Å²) in [7, 11) is 0. The summed E-state index contributed by atoms with van der Waals surface area (Å²) in [5.41, 5.74) is 7.70. The maximum Gasteiger partial charge on any atom is 0.300 e. The zero-order valence-electron chi connectivity index (χ0n) is 13.0. The number of nitrogens with two attached hydrogens (primary N) is 1. The minimum absolute atomic E-state index is 0.424. The molecule has 2 N–H and O–H groups in total. The van der Waals surface area contributed by atoms with Crippen LogP contribution in [0.3, 0.4) is 0 Å². The number of aliphatic imine (C=N–C) groups is 1. The fourth-order valence-electron chi connectivity index (χ4n) is 2.37. The Morgan fingerprint density at radius 3 is 2.48 bits per heavy atom. The van der Waals surface area contributed by atoms with Crippen molar-refractivity contribution in [1.29, 1.82) is 0 Å². The Kier molecular flexibility index (Phi) is 5.20. The SMILES string of the molecule is CCCCOc1ccc2c(c1)C(N)=NC2(OCC)OCC. The van der Waals surface area contributed by atoms with Gasteiger partial charge in [-0.05, 0) is 38.5 Å². The van der Waals surface area contributed by atoms with Gasteiger partial charge in [-0.3, -0.25) is 0 Å². The highest BCUT2D eigenvalue weighted by Gasteiger charge is 2.41. The van der Waals surface area contributed by atoms with E-state index in [0.29, 0.717) is 25.7 Å². The van der Waals surface area contributed by atoms with E-state index in [2.05, 4.69) is 11.9 Å². The first-order valence-corrected chi connectivity index (χ1v) is 7.57. The zero-order valence-corrected chi connectivity index (χ0v) is 13.0. The average molecular weight is 292 g/mol. The van der Waals surface area contributed by atoms with Crippen molar-refractivity contribution in [3.05, 3.63) is 29.3 Å². The average Bonchev–Trinajstić information content (AvgIpc) is 2.73. The lowest BCUT2D eigenvalue weighted by atomic mass is 10.1. The summed E-state index contributed by atoms with van der Waals surface area (Å²) in [6.45, 7) is 7.64. The normalized spacial score (nSPS) is 15.7. The van der Waals surface area contributed by atoms with E-state index in [9.17, 15) is 0 Å². The van der Waals surface area contributed by atoms with Crippen molar-refractivity contribution < 1.29 is 14.2 Å². The molecule has 0 spiro atoms. The number of amidine groups is 1. The van der Waals surface area contributed by atoms with Crippen molar-refractivity contribution in [3.8, 4) is 5.75 Å². The van der Waals surface area contributed by atoms with Gasteiger partial charge in [0.25, 0.3) is 0 Å². The number of hydrogen-bond acceptors (Lipinski definition) is 5. The molecule has 0 saturated carbocycles. The number of unbranched alkanes of at least 4 members (excludes halogenated alkanes) is 1. The van der Waals surface area contributed by atoms with E-state index in [-0.39, 0.29) is 0 Å². The predicted molar refractivity (Wildman–Crippen MR) is 82.5 cm³/mol. The van der Waals surface area contributed by atoms with Gasteiger partial charge >= 0.3 is 5.91 Å². The van der Waals surface area contributed by atoms with Crippen LogP contribution in [0.15, 0.2) is 23.2 Å². The molecular weight excluding hydrogens is 268 g/mol. The van der Waals surface area contributed by atoms with Crippen LogP contribution in [0.5, 0.6) is 5.75 Å². The summed E-state index contributed by atoms with van der Waals surface area (Å²) >= 11 is 0. The standard InChI is InChI=1S/C16H24N2O3/c1-4-7-10-19-12-8-9-14-13(11-12)15(17)18-16(14,20-5-2)21-6-3/h8-9,11H,4-7,10H2,1-3H3,(H2,17,18). The quantitative estimate of drug-likeness (QED) is 0.591. The van der Waals surface area contributed by atoms with E-state index in [1.807, 2.05) is 32.0 Å². The van der Waals surface area contributed by atoms with Crippen LogP contribution in [0.1, 0.15) is 44.7 Å². The molecule has 5 heteroatoms. The third kappa shape index (κ3) is 3.19. The van der Waals surface area contributed by atoms with Gasteiger partial charge in [-0.2, -0.15) is 0 Å². The van der Waals surface area contributed by atoms with Crippen LogP contribution in [0, 0.1) is 0 Å². The Morgan fingerprint density at radius 1 is 1.14 bits per heavy atom. The summed E-state index contributed by atoms with van der Waals surface area (Å²) < 4.78 is 17.2. The fourth-order valence-corrected chi connectivity index (χ4v) is 2.37. The van der Waals surface area contributed by atoms with Crippen LogP contribution in [0.25, 0.3) is 0 Å². The summed E-state index contributed by atoms with van der Waals surface area (Å²) in [4.78, 5) is 4.40. The Labute approximate surface area is 126 Å². The zero-order chi connectivity index (χ0) is 15.3. The van der Waals surface area contributed by atoms with Gasteiger partial charge in [0.2, 0.25) is 0 Å². The Balaban J connectivity index is 2.28. The molecule has 5 nitrogen and oxygen atoms in total. The Bertz CT molecular complexity index is 508. The second kappa shape index (κ2) is 6.91. The fraction of sp³-hybridized carbons (Fsp3) is 0.562. The molecule has 1 aromatic rings. The summed E-state index contributed by atoms with van der Waals surface area (Å²) in [6, 6.07) is 5.74. The van der Waals surface area contributed by atoms with E-state index in [1.54, 1.807) is 0 Å². The van der Waals surface area contributed by atoms with E-state index >= 15 is 0 Å². The molecule has 0 fully saturated rings. The first kappa shape index (κ1) is 15.8. The van der Waals surface area contributed by atoms with Gasteiger partial charge in [-0.15, -0.1) is 0 Å². The van der Waals surface area contributed by atoms with E-state index < -0.39 is 5.91 Å². The second-order valence-corrected chi connectivity index (χ2v) is 4.85. The first-order valence-electron chi connectivity index (χ1n) is 7.57. The molecule has 0 aromatic heterocycles. The van der Waals surface area contributed by atoms with Crippen molar-refractivity contribution >= 4 is 5.84 Å². The Morgan fingerprint density at radius 2 is 1.86 bits per heavy atom. The van der Waals surface area contributed by atoms with Gasteiger partial charge in [-0.1, -0.05) is 13.3 Å². The summed E-state index contributed by atoms with van der Waals surface area (Å²) in [5.74, 6) is 0.113. The molecule has 1 aliphatic rings. The number of hydrogen-bond donors (Lipinski definition) is 1. The molecule has 21 heavy (non-hydrogen) atoms. The van der Waals surface area contributed by atoms with Crippen LogP contribution in [-0.4, -0.2) is 25.7 Å². The summed E-state index contributed by atoms with van der Waals surface area (Å²) in [5, 5.41) is 0. The van der Waals surface area contributed by atoms with Crippen molar-refractivity contribution in [1.82, 2.24) is 0 Å². The lowest BCUT2D eigenvalue weighted by molar-refractivity contribution is -0.234. The van der Waals surface area contributed by atoms with Gasteiger partial charge in [0.15, 0.2) is 0 Å². The van der Waals surface area contributed by atoms with E-state index in [4.69, 9.17) is 19.9 Å². The topological polar surface area (TPSA) is 66.1 Å². The van der Waals surface area contributed by atoms with Crippen LogP contribution in [0.4, 0.5) is 0 Å². The number of rotatable bonds is 8. The highest BCUT2D eigenvalue weighted by molar-refractivity contribution is 6.01. The molecule has 0 saturated heterocycles. The van der Waals surface area contributed by atoms with E-state index in [1.165, 1.54) is 0 Å². The van der Waals surface area contributed by atoms with Crippen molar-refractivity contribution in [2.45, 2.75) is 39.5 Å². The van der Waals surface area contributed by atoms with Crippen LogP contribution >= 0.6 is 0 Å². The number of fused-ring (bicyclic) bond motifs is 1. The summed E-state index contributed by atoms with van der Waals surface area (Å²) in [6.07, 6.45) is 2.13. The monoisotopic (exact) mass is 292 g/mol. The molecule has 1 aromatic carbocycles. The van der Waals surface area contributed by atoms with Crippen molar-refractivity contribution in [2.24, 2.45) is 10.7 Å². The second-order valence-electron chi connectivity index (χ2n) is 4.85. The lowest BCUT2D eigenvalue weighted by Gasteiger charge is -2.26. The molecule has 116 valence electrons. The van der Waals surface area contributed by atoms with Crippen molar-refractivity contribution in [3.63, 3.8) is 0 Å². The van der Waals surface area contributed by atoms with Gasteiger partial charge in [0.1, 0.15) is 11.6 Å². The largest absolute Gasteiger partial charge is 0.494 e. The van der Waals surface area contributed by atoms with Crippen molar-refractivity contribution in [2.75, 3.05) is 19.8 Å². The number of nitrogens with zero attached hydrogens (tertiary/aromatic N) is 1. The Hall–Kier alpha value is -1.59. The van der Waals surface area contributed by atoms with Crippen LogP contribution < -0.4 is 10.5 Å². The van der Waals surface area contributed by atoms with Crippen LogP contribution in [0.2, 0.25) is 0 Å². The highest BCUT2D eigenvalue weighted by Crippen LogP contribution is 2.38.